The van der Waals surface area contributed by atoms with Crippen LogP contribution in [-0.2, 0) is 6.42 Å². The normalized spacial score (nSPS) is 12.9. The quantitative estimate of drug-likeness (QED) is 0.667. The first-order chi connectivity index (χ1) is 7.36. The van der Waals surface area contributed by atoms with Crippen molar-refractivity contribution in [3.63, 3.8) is 0 Å². The first-order valence-corrected chi connectivity index (χ1v) is 6.21. The molecule has 0 saturated heterocycles. The molecule has 0 bridgehead atoms. The largest absolute Gasteiger partial charge is 0.198 e. The minimum atomic E-state index is 0.784. The second kappa shape index (κ2) is 7.43. The zero-order valence-corrected chi connectivity index (χ0v) is 10.00. The average Bonchev–Trinajstić information content (AvgIpc) is 2.75. The van der Waals surface area contributed by atoms with E-state index in [0.29, 0.717) is 0 Å². The van der Waals surface area contributed by atoms with Gasteiger partial charge in [0.1, 0.15) is 0 Å². The molecule has 3 nitrogen and oxygen atoms in total. The van der Waals surface area contributed by atoms with Crippen LogP contribution in [0.15, 0.2) is 6.20 Å². The lowest BCUT2D eigenvalue weighted by Gasteiger charge is -2.12. The van der Waals surface area contributed by atoms with Crippen LogP contribution in [0.5, 0.6) is 0 Å². The van der Waals surface area contributed by atoms with Gasteiger partial charge in [-0.2, -0.15) is 15.4 Å². The number of hydrogen-bond donors (Lipinski definition) is 1. The SMILES string of the molecule is CCCCCCC(CC)Cc1cn[nH]n1. The molecule has 1 N–H and O–H groups in total. The lowest BCUT2D eigenvalue weighted by molar-refractivity contribution is 0.435. The Morgan fingerprint density at radius 1 is 1.27 bits per heavy atom. The third-order valence-electron chi connectivity index (χ3n) is 3.01. The topological polar surface area (TPSA) is 41.6 Å². The van der Waals surface area contributed by atoms with E-state index in [0.717, 1.165) is 18.0 Å². The number of aromatic nitrogens is 3. The van der Waals surface area contributed by atoms with Gasteiger partial charge in [0.05, 0.1) is 11.9 Å². The summed E-state index contributed by atoms with van der Waals surface area (Å²) >= 11 is 0. The first-order valence-electron chi connectivity index (χ1n) is 6.21. The number of nitrogens with zero attached hydrogens (tertiary/aromatic N) is 2. The van der Waals surface area contributed by atoms with Gasteiger partial charge in [0.15, 0.2) is 0 Å². The van der Waals surface area contributed by atoms with E-state index in [1.807, 2.05) is 6.20 Å². The van der Waals surface area contributed by atoms with Crippen molar-refractivity contribution in [3.05, 3.63) is 11.9 Å². The van der Waals surface area contributed by atoms with Crippen LogP contribution < -0.4 is 0 Å². The van der Waals surface area contributed by atoms with Crippen molar-refractivity contribution in [2.24, 2.45) is 5.92 Å². The summed E-state index contributed by atoms with van der Waals surface area (Å²) in [5.74, 6) is 0.784. The number of rotatable bonds is 8. The van der Waals surface area contributed by atoms with Gasteiger partial charge in [0, 0.05) is 0 Å². The van der Waals surface area contributed by atoms with E-state index in [4.69, 9.17) is 0 Å². The third kappa shape index (κ3) is 4.96. The summed E-state index contributed by atoms with van der Waals surface area (Å²) in [6.45, 7) is 4.53. The van der Waals surface area contributed by atoms with Gasteiger partial charge in [-0.25, -0.2) is 0 Å². The monoisotopic (exact) mass is 209 g/mol. The molecule has 0 radical (unpaired) electrons. The van der Waals surface area contributed by atoms with Crippen molar-refractivity contribution in [2.75, 3.05) is 0 Å². The van der Waals surface area contributed by atoms with Crippen molar-refractivity contribution in [3.8, 4) is 0 Å². The highest BCUT2D eigenvalue weighted by Gasteiger charge is 2.08. The molecule has 0 fully saturated rings. The Morgan fingerprint density at radius 2 is 2.13 bits per heavy atom. The van der Waals surface area contributed by atoms with E-state index in [1.54, 1.807) is 0 Å². The fraction of sp³-hybridized carbons (Fsp3) is 0.833. The predicted molar refractivity (Wildman–Crippen MR) is 62.6 cm³/mol. The van der Waals surface area contributed by atoms with Crippen LogP contribution in [-0.4, -0.2) is 15.4 Å². The van der Waals surface area contributed by atoms with Gasteiger partial charge in [-0.1, -0.05) is 52.4 Å². The van der Waals surface area contributed by atoms with Crippen LogP contribution in [0.1, 0.15) is 58.1 Å². The molecule has 0 aromatic carbocycles. The lowest BCUT2D eigenvalue weighted by atomic mass is 9.94. The van der Waals surface area contributed by atoms with E-state index < -0.39 is 0 Å². The molecule has 0 saturated carbocycles. The molecule has 1 atom stereocenters. The van der Waals surface area contributed by atoms with Gasteiger partial charge in [0.25, 0.3) is 0 Å². The van der Waals surface area contributed by atoms with Crippen molar-refractivity contribution in [1.29, 1.82) is 0 Å². The zero-order valence-electron chi connectivity index (χ0n) is 10.00. The summed E-state index contributed by atoms with van der Waals surface area (Å²) in [4.78, 5) is 0. The Hall–Kier alpha value is -0.860. The molecule has 1 unspecified atom stereocenters. The van der Waals surface area contributed by atoms with Crippen LogP contribution in [0.4, 0.5) is 0 Å². The Kier molecular flexibility index (Phi) is 6.05. The summed E-state index contributed by atoms with van der Waals surface area (Å²) in [6, 6.07) is 0. The summed E-state index contributed by atoms with van der Waals surface area (Å²) < 4.78 is 0. The number of hydrogen-bond acceptors (Lipinski definition) is 2. The fourth-order valence-corrected chi connectivity index (χ4v) is 1.93. The number of H-pyrrole nitrogens is 1. The van der Waals surface area contributed by atoms with E-state index in [1.165, 1.54) is 38.5 Å². The smallest absolute Gasteiger partial charge is 0.0827 e. The molecule has 3 heteroatoms. The van der Waals surface area contributed by atoms with Crippen LogP contribution >= 0.6 is 0 Å². The minimum absolute atomic E-state index is 0.784. The molecule has 0 aliphatic rings. The van der Waals surface area contributed by atoms with Gasteiger partial charge in [-0.15, -0.1) is 0 Å². The summed E-state index contributed by atoms with van der Waals surface area (Å²) in [5, 5.41) is 10.6. The molecule has 1 aromatic heterocycles. The molecule has 0 amide bonds. The Morgan fingerprint density at radius 3 is 2.73 bits per heavy atom. The van der Waals surface area contributed by atoms with Crippen molar-refractivity contribution >= 4 is 0 Å². The number of nitrogens with one attached hydrogen (secondary N) is 1. The van der Waals surface area contributed by atoms with Gasteiger partial charge in [-0.3, -0.25) is 0 Å². The molecular weight excluding hydrogens is 186 g/mol. The van der Waals surface area contributed by atoms with Gasteiger partial charge in [0.2, 0.25) is 0 Å². The van der Waals surface area contributed by atoms with Crippen molar-refractivity contribution in [1.82, 2.24) is 15.4 Å². The number of aromatic amines is 1. The lowest BCUT2D eigenvalue weighted by Crippen LogP contribution is -2.03. The second-order valence-electron chi connectivity index (χ2n) is 4.29. The molecule has 1 rings (SSSR count). The Labute approximate surface area is 92.7 Å². The van der Waals surface area contributed by atoms with E-state index in [9.17, 15) is 0 Å². The van der Waals surface area contributed by atoms with E-state index in [-0.39, 0.29) is 0 Å². The fourth-order valence-electron chi connectivity index (χ4n) is 1.93. The standard InChI is InChI=1S/C12H23N3/c1-3-5-6-7-8-11(4-2)9-12-10-13-15-14-12/h10-11H,3-9H2,1-2H3,(H,13,14,15). The number of unbranched alkanes of at least 4 members (excludes halogenated alkanes) is 3. The zero-order chi connectivity index (χ0) is 10.9. The maximum absolute atomic E-state index is 4.11. The predicted octanol–water partition coefficient (Wildman–Crippen LogP) is 3.34. The molecule has 0 aliphatic heterocycles. The van der Waals surface area contributed by atoms with E-state index >= 15 is 0 Å². The van der Waals surface area contributed by atoms with Crippen LogP contribution in [0, 0.1) is 5.92 Å². The highest BCUT2D eigenvalue weighted by molar-refractivity contribution is 4.92. The minimum Gasteiger partial charge on any atom is -0.198 e. The van der Waals surface area contributed by atoms with E-state index in [2.05, 4.69) is 29.3 Å². The maximum Gasteiger partial charge on any atom is 0.0827 e. The van der Waals surface area contributed by atoms with Gasteiger partial charge in [-0.05, 0) is 12.3 Å². The van der Waals surface area contributed by atoms with Crippen molar-refractivity contribution in [2.45, 2.75) is 58.8 Å². The highest BCUT2D eigenvalue weighted by Crippen LogP contribution is 2.17. The second-order valence-corrected chi connectivity index (χ2v) is 4.29. The molecule has 1 heterocycles. The molecule has 0 aliphatic carbocycles. The van der Waals surface area contributed by atoms with Gasteiger partial charge < -0.3 is 0 Å². The summed E-state index contributed by atoms with van der Waals surface area (Å²) in [5.41, 5.74) is 1.11. The molecule has 15 heavy (non-hydrogen) atoms. The molecule has 0 spiro atoms. The summed E-state index contributed by atoms with van der Waals surface area (Å²) in [6.07, 6.45) is 11.0. The third-order valence-corrected chi connectivity index (χ3v) is 3.01. The van der Waals surface area contributed by atoms with Crippen molar-refractivity contribution < 1.29 is 0 Å². The molecule has 1 aromatic rings. The highest BCUT2D eigenvalue weighted by atomic mass is 15.3. The average molecular weight is 209 g/mol. The van der Waals surface area contributed by atoms with Crippen LogP contribution in [0.3, 0.4) is 0 Å². The Bertz CT molecular complexity index is 231. The van der Waals surface area contributed by atoms with Gasteiger partial charge >= 0.3 is 0 Å². The maximum atomic E-state index is 4.11. The Balaban J connectivity index is 2.18. The molecule has 86 valence electrons. The van der Waals surface area contributed by atoms with Crippen LogP contribution in [0.25, 0.3) is 0 Å². The summed E-state index contributed by atoms with van der Waals surface area (Å²) in [7, 11) is 0. The molecular formula is C12H23N3. The first kappa shape index (κ1) is 12.2. The van der Waals surface area contributed by atoms with Crippen LogP contribution in [0.2, 0.25) is 0 Å².